The minimum absolute atomic E-state index is 0. The van der Waals surface area contributed by atoms with Crippen LogP contribution in [0.1, 0.15) is 18.0 Å². The second-order valence-electron chi connectivity index (χ2n) is 3.09. The van der Waals surface area contributed by atoms with Crippen LogP contribution in [0.15, 0.2) is 30.9 Å². The fourth-order valence-corrected chi connectivity index (χ4v) is 1.30. The van der Waals surface area contributed by atoms with E-state index in [0.29, 0.717) is 6.42 Å². The highest BCUT2D eigenvalue weighted by atomic mass is 35.5. The van der Waals surface area contributed by atoms with Crippen molar-refractivity contribution in [2.75, 3.05) is 0 Å². The van der Waals surface area contributed by atoms with Crippen molar-refractivity contribution >= 4 is 18.1 Å². The number of hydrogen-bond acceptors (Lipinski definition) is 3. The minimum atomic E-state index is -0.599. The van der Waals surface area contributed by atoms with E-state index in [0.717, 1.165) is 18.2 Å². The molecule has 1 rings (SSSR count). The number of rotatable bonds is 4. The summed E-state index contributed by atoms with van der Waals surface area (Å²) < 4.78 is 12.9. The zero-order chi connectivity index (χ0) is 11.4. The Kier molecular flexibility index (Phi) is 5.63. The highest BCUT2D eigenvalue weighted by molar-refractivity contribution is 5.85. The molecule has 2 N–H and O–H groups in total. The van der Waals surface area contributed by atoms with Gasteiger partial charge in [-0.1, -0.05) is 6.08 Å². The molecule has 0 spiro atoms. The number of benzene rings is 1. The highest BCUT2D eigenvalue weighted by Gasteiger charge is 2.18. The second kappa shape index (κ2) is 6.19. The maximum atomic E-state index is 12.9. The van der Waals surface area contributed by atoms with E-state index in [2.05, 4.69) is 6.58 Å². The van der Waals surface area contributed by atoms with Crippen molar-refractivity contribution in [1.82, 2.24) is 0 Å². The molecule has 0 aliphatic carbocycles. The Hall–Kier alpha value is -1.46. The summed E-state index contributed by atoms with van der Waals surface area (Å²) in [6.45, 7) is 3.48. The van der Waals surface area contributed by atoms with Crippen LogP contribution in [0.4, 0.5) is 10.1 Å². The van der Waals surface area contributed by atoms with Crippen LogP contribution < -0.4 is 5.73 Å². The maximum absolute atomic E-state index is 12.9. The average Bonchev–Trinajstić information content (AvgIpc) is 2.17. The van der Waals surface area contributed by atoms with Gasteiger partial charge in [-0.25, -0.2) is 4.39 Å². The Bertz CT molecular complexity index is 398. The van der Waals surface area contributed by atoms with Crippen molar-refractivity contribution in [3.63, 3.8) is 0 Å². The summed E-state index contributed by atoms with van der Waals surface area (Å²) in [5.41, 5.74) is 5.70. The Labute approximate surface area is 98.5 Å². The smallest absolute Gasteiger partial charge is 0.274 e. The summed E-state index contributed by atoms with van der Waals surface area (Å²) in [6.07, 6.45) is 1.91. The molecule has 0 unspecified atom stereocenters. The van der Waals surface area contributed by atoms with Crippen LogP contribution in [0.2, 0.25) is 0 Å². The van der Waals surface area contributed by atoms with Gasteiger partial charge in [-0.3, -0.25) is 10.1 Å². The van der Waals surface area contributed by atoms with Gasteiger partial charge in [0.2, 0.25) is 0 Å². The lowest BCUT2D eigenvalue weighted by atomic mass is 10.0. The number of nitrogens with two attached hydrogens (primary N) is 1. The van der Waals surface area contributed by atoms with Gasteiger partial charge in [0.15, 0.2) is 0 Å². The van der Waals surface area contributed by atoms with Crippen molar-refractivity contribution in [3.8, 4) is 0 Å². The van der Waals surface area contributed by atoms with Gasteiger partial charge in [0.25, 0.3) is 5.69 Å². The molecule has 0 amide bonds. The number of nitro groups is 1. The molecule has 0 fully saturated rings. The third kappa shape index (κ3) is 3.29. The normalized spacial score (nSPS) is 11.4. The molecule has 0 aliphatic heterocycles. The summed E-state index contributed by atoms with van der Waals surface area (Å²) in [5.74, 6) is -0.532. The van der Waals surface area contributed by atoms with E-state index in [1.807, 2.05) is 0 Å². The molecule has 0 aliphatic rings. The molecule has 1 aromatic carbocycles. The Morgan fingerprint density at radius 3 is 2.75 bits per heavy atom. The van der Waals surface area contributed by atoms with Crippen molar-refractivity contribution in [1.29, 1.82) is 0 Å². The van der Waals surface area contributed by atoms with Crippen LogP contribution in [0.25, 0.3) is 0 Å². The lowest BCUT2D eigenvalue weighted by molar-refractivity contribution is -0.385. The first kappa shape index (κ1) is 14.5. The number of hydrogen-bond donors (Lipinski definition) is 1. The van der Waals surface area contributed by atoms with Crippen molar-refractivity contribution in [3.05, 3.63) is 52.3 Å². The lowest BCUT2D eigenvalue weighted by Gasteiger charge is -2.09. The molecule has 1 aromatic rings. The molecule has 16 heavy (non-hydrogen) atoms. The first-order valence-electron chi connectivity index (χ1n) is 4.36. The topological polar surface area (TPSA) is 69.2 Å². The first-order valence-corrected chi connectivity index (χ1v) is 4.36. The summed E-state index contributed by atoms with van der Waals surface area (Å²) in [5, 5.41) is 10.6. The van der Waals surface area contributed by atoms with Crippen LogP contribution in [0, 0.1) is 15.9 Å². The third-order valence-electron chi connectivity index (χ3n) is 2.01. The summed E-state index contributed by atoms with van der Waals surface area (Å²) in [7, 11) is 0. The Morgan fingerprint density at radius 1 is 1.62 bits per heavy atom. The average molecular weight is 247 g/mol. The fraction of sp³-hybridized carbons (Fsp3) is 0.200. The van der Waals surface area contributed by atoms with E-state index in [9.17, 15) is 14.5 Å². The van der Waals surface area contributed by atoms with Crippen LogP contribution in [-0.4, -0.2) is 4.92 Å². The van der Waals surface area contributed by atoms with Crippen LogP contribution in [-0.2, 0) is 0 Å². The van der Waals surface area contributed by atoms with E-state index in [1.165, 1.54) is 0 Å². The highest BCUT2D eigenvalue weighted by Crippen LogP contribution is 2.26. The van der Waals surface area contributed by atoms with E-state index in [4.69, 9.17) is 5.73 Å². The van der Waals surface area contributed by atoms with Gasteiger partial charge in [0.1, 0.15) is 5.82 Å². The zero-order valence-electron chi connectivity index (χ0n) is 8.43. The first-order chi connectivity index (χ1) is 7.06. The molecule has 0 radical (unpaired) electrons. The van der Waals surface area contributed by atoms with Gasteiger partial charge in [-0.2, -0.15) is 0 Å². The fourth-order valence-electron chi connectivity index (χ4n) is 1.30. The summed E-state index contributed by atoms with van der Waals surface area (Å²) in [6, 6.07) is 2.65. The molecule has 6 heteroatoms. The summed E-state index contributed by atoms with van der Waals surface area (Å²) in [4.78, 5) is 10.1. The molecule has 4 nitrogen and oxygen atoms in total. The Morgan fingerprint density at radius 2 is 2.25 bits per heavy atom. The van der Waals surface area contributed by atoms with Gasteiger partial charge in [-0.15, -0.1) is 19.0 Å². The maximum Gasteiger partial charge on any atom is 0.274 e. The van der Waals surface area contributed by atoms with Crippen LogP contribution >= 0.6 is 12.4 Å². The molecule has 0 heterocycles. The molecule has 0 bridgehead atoms. The molecular formula is C10H12ClFN2O2. The molecule has 88 valence electrons. The lowest BCUT2D eigenvalue weighted by Crippen LogP contribution is -2.11. The molecule has 1 atom stereocenters. The van der Waals surface area contributed by atoms with E-state index in [1.54, 1.807) is 6.08 Å². The zero-order valence-corrected chi connectivity index (χ0v) is 9.24. The predicted molar refractivity (Wildman–Crippen MR) is 62.0 cm³/mol. The molecule has 0 saturated carbocycles. The van der Waals surface area contributed by atoms with Gasteiger partial charge >= 0.3 is 0 Å². The summed E-state index contributed by atoms with van der Waals surface area (Å²) >= 11 is 0. The second-order valence-corrected chi connectivity index (χ2v) is 3.09. The third-order valence-corrected chi connectivity index (χ3v) is 2.01. The molecule has 0 saturated heterocycles. The number of halogens is 2. The minimum Gasteiger partial charge on any atom is -0.323 e. The van der Waals surface area contributed by atoms with E-state index >= 15 is 0 Å². The number of nitrogens with zero attached hydrogens (tertiary/aromatic N) is 1. The largest absolute Gasteiger partial charge is 0.323 e. The van der Waals surface area contributed by atoms with Crippen LogP contribution in [0.3, 0.4) is 0 Å². The van der Waals surface area contributed by atoms with Gasteiger partial charge in [0, 0.05) is 17.7 Å². The quantitative estimate of drug-likeness (QED) is 0.505. The monoisotopic (exact) mass is 246 g/mol. The van der Waals surface area contributed by atoms with Gasteiger partial charge in [0.05, 0.1) is 4.92 Å². The Balaban J connectivity index is 0.00000225. The predicted octanol–water partition coefficient (Wildman–Crippen LogP) is 2.73. The van der Waals surface area contributed by atoms with Crippen molar-refractivity contribution in [2.24, 2.45) is 5.73 Å². The SMILES string of the molecule is C=CC[C@H](N)c1cc(F)ccc1[N+](=O)[O-].Cl. The standard InChI is InChI=1S/C10H11FN2O2.ClH/c1-2-3-9(12)8-6-7(11)4-5-10(8)13(14)15;/h2,4-6,9H,1,3,12H2;1H/t9-;/m0./s1. The van der Waals surface area contributed by atoms with E-state index < -0.39 is 16.8 Å². The van der Waals surface area contributed by atoms with Gasteiger partial charge < -0.3 is 5.73 Å². The van der Waals surface area contributed by atoms with Crippen molar-refractivity contribution in [2.45, 2.75) is 12.5 Å². The molecule has 0 aromatic heterocycles. The van der Waals surface area contributed by atoms with Crippen LogP contribution in [0.5, 0.6) is 0 Å². The van der Waals surface area contributed by atoms with Crippen molar-refractivity contribution < 1.29 is 9.31 Å². The van der Waals surface area contributed by atoms with Gasteiger partial charge in [-0.05, 0) is 18.6 Å². The van der Waals surface area contributed by atoms with E-state index in [-0.39, 0.29) is 23.7 Å². The molecular weight excluding hydrogens is 235 g/mol. The number of nitro benzene ring substituents is 1.